The largest absolute Gasteiger partial charge is 0.355 e. The number of hydrogen-bond acceptors (Lipinski definition) is 2. The van der Waals surface area contributed by atoms with E-state index in [9.17, 15) is 18.4 Å². The van der Waals surface area contributed by atoms with Gasteiger partial charge in [-0.3, -0.25) is 4.79 Å². The Balaban J connectivity index is 2.38. The van der Waals surface area contributed by atoms with Crippen LogP contribution in [0, 0.1) is 11.6 Å². The lowest BCUT2D eigenvalue weighted by Gasteiger charge is -2.08. The fourth-order valence-corrected chi connectivity index (χ4v) is 1.17. The second kappa shape index (κ2) is 6.53. The standard InChI is InChI=1S/C11H13F2N3O2/c1-7(17)14-4-5-15-11(18)16-10-3-2-8(12)6-9(10)13/h2-3,6H,4-5H2,1H3,(H,14,17)(H2,15,16,18). The lowest BCUT2D eigenvalue weighted by atomic mass is 10.3. The lowest BCUT2D eigenvalue weighted by molar-refractivity contribution is -0.118. The van der Waals surface area contributed by atoms with Crippen molar-refractivity contribution in [3.05, 3.63) is 29.8 Å². The summed E-state index contributed by atoms with van der Waals surface area (Å²) in [5.74, 6) is -1.78. The molecule has 0 saturated heterocycles. The maximum atomic E-state index is 13.2. The average molecular weight is 257 g/mol. The molecule has 1 aromatic rings. The Labute approximate surface area is 103 Å². The molecule has 0 saturated carbocycles. The van der Waals surface area contributed by atoms with Crippen LogP contribution in [-0.2, 0) is 4.79 Å². The molecule has 7 heteroatoms. The zero-order valence-electron chi connectivity index (χ0n) is 9.72. The van der Waals surface area contributed by atoms with Gasteiger partial charge in [-0.1, -0.05) is 0 Å². The molecule has 0 aromatic heterocycles. The molecule has 3 amide bonds. The first-order chi connectivity index (χ1) is 8.49. The summed E-state index contributed by atoms with van der Waals surface area (Å²) < 4.78 is 25.8. The molecule has 0 aliphatic carbocycles. The molecule has 5 nitrogen and oxygen atoms in total. The van der Waals surface area contributed by atoms with Crippen molar-refractivity contribution in [1.29, 1.82) is 0 Å². The Morgan fingerprint density at radius 1 is 1.17 bits per heavy atom. The van der Waals surface area contributed by atoms with Crippen molar-refractivity contribution in [2.75, 3.05) is 18.4 Å². The highest BCUT2D eigenvalue weighted by molar-refractivity contribution is 5.89. The Hall–Kier alpha value is -2.18. The Morgan fingerprint density at radius 3 is 2.44 bits per heavy atom. The van der Waals surface area contributed by atoms with Gasteiger partial charge in [0.2, 0.25) is 5.91 Å². The van der Waals surface area contributed by atoms with Crippen LogP contribution in [0.5, 0.6) is 0 Å². The first kappa shape index (κ1) is 13.9. The van der Waals surface area contributed by atoms with Crippen LogP contribution in [0.2, 0.25) is 0 Å². The van der Waals surface area contributed by atoms with E-state index >= 15 is 0 Å². The molecule has 18 heavy (non-hydrogen) atoms. The summed E-state index contributed by atoms with van der Waals surface area (Å²) in [4.78, 5) is 21.8. The highest BCUT2D eigenvalue weighted by Gasteiger charge is 2.07. The van der Waals surface area contributed by atoms with E-state index in [0.717, 1.165) is 12.1 Å². The molecule has 0 bridgehead atoms. The maximum Gasteiger partial charge on any atom is 0.319 e. The molecular formula is C11H13F2N3O2. The van der Waals surface area contributed by atoms with Crippen molar-refractivity contribution in [3.8, 4) is 0 Å². The summed E-state index contributed by atoms with van der Waals surface area (Å²) in [6.45, 7) is 1.83. The predicted octanol–water partition coefficient (Wildman–Crippen LogP) is 1.22. The molecule has 0 heterocycles. The van der Waals surface area contributed by atoms with E-state index in [2.05, 4.69) is 16.0 Å². The number of amides is 3. The SMILES string of the molecule is CC(=O)NCCNC(=O)Nc1ccc(F)cc1F. The topological polar surface area (TPSA) is 70.2 Å². The monoisotopic (exact) mass is 257 g/mol. The van der Waals surface area contributed by atoms with Crippen molar-refractivity contribution in [2.45, 2.75) is 6.92 Å². The van der Waals surface area contributed by atoms with Gasteiger partial charge in [0.25, 0.3) is 0 Å². The van der Waals surface area contributed by atoms with E-state index in [1.807, 2.05) is 0 Å². The van der Waals surface area contributed by atoms with Gasteiger partial charge in [-0.2, -0.15) is 0 Å². The van der Waals surface area contributed by atoms with Crippen molar-refractivity contribution >= 4 is 17.6 Å². The summed E-state index contributed by atoms with van der Waals surface area (Å²) in [7, 11) is 0. The molecular weight excluding hydrogens is 244 g/mol. The number of urea groups is 1. The van der Waals surface area contributed by atoms with Crippen LogP contribution in [0.15, 0.2) is 18.2 Å². The van der Waals surface area contributed by atoms with E-state index in [-0.39, 0.29) is 24.7 Å². The number of nitrogens with one attached hydrogen (secondary N) is 3. The minimum Gasteiger partial charge on any atom is -0.355 e. The Kier molecular flexibility index (Phi) is 5.04. The van der Waals surface area contributed by atoms with Crippen LogP contribution >= 0.6 is 0 Å². The molecule has 0 unspecified atom stereocenters. The quantitative estimate of drug-likeness (QED) is 0.710. The second-order valence-corrected chi connectivity index (χ2v) is 3.49. The third kappa shape index (κ3) is 4.77. The van der Waals surface area contributed by atoms with E-state index in [1.165, 1.54) is 6.92 Å². The molecule has 0 spiro atoms. The van der Waals surface area contributed by atoms with Crippen LogP contribution in [0.1, 0.15) is 6.92 Å². The van der Waals surface area contributed by atoms with Gasteiger partial charge in [-0.25, -0.2) is 13.6 Å². The summed E-state index contributed by atoms with van der Waals surface area (Å²) in [6.07, 6.45) is 0. The highest BCUT2D eigenvalue weighted by Crippen LogP contribution is 2.14. The number of rotatable bonds is 4. The number of anilines is 1. The smallest absolute Gasteiger partial charge is 0.319 e. The Morgan fingerprint density at radius 2 is 1.83 bits per heavy atom. The average Bonchev–Trinajstić information content (AvgIpc) is 2.28. The van der Waals surface area contributed by atoms with Crippen molar-refractivity contribution in [1.82, 2.24) is 10.6 Å². The van der Waals surface area contributed by atoms with Crippen molar-refractivity contribution in [3.63, 3.8) is 0 Å². The minimum absolute atomic E-state index is 0.117. The first-order valence-corrected chi connectivity index (χ1v) is 5.23. The number of carbonyl (C=O) groups excluding carboxylic acids is 2. The fourth-order valence-electron chi connectivity index (χ4n) is 1.17. The Bertz CT molecular complexity index is 452. The molecule has 0 radical (unpaired) electrons. The summed E-state index contributed by atoms with van der Waals surface area (Å²) in [5.41, 5.74) is -0.117. The van der Waals surface area contributed by atoms with Gasteiger partial charge < -0.3 is 16.0 Å². The van der Waals surface area contributed by atoms with Gasteiger partial charge in [-0.05, 0) is 12.1 Å². The number of hydrogen-bond donors (Lipinski definition) is 3. The van der Waals surface area contributed by atoms with Crippen LogP contribution in [-0.4, -0.2) is 25.0 Å². The zero-order chi connectivity index (χ0) is 13.5. The zero-order valence-corrected chi connectivity index (χ0v) is 9.72. The minimum atomic E-state index is -0.855. The van der Waals surface area contributed by atoms with E-state index in [4.69, 9.17) is 0 Å². The summed E-state index contributed by atoms with van der Waals surface area (Å²) in [6, 6.07) is 2.20. The normalized spacial score (nSPS) is 9.72. The van der Waals surface area contributed by atoms with E-state index in [0.29, 0.717) is 6.07 Å². The molecule has 0 aliphatic heterocycles. The van der Waals surface area contributed by atoms with Crippen LogP contribution < -0.4 is 16.0 Å². The lowest BCUT2D eigenvalue weighted by Crippen LogP contribution is -2.36. The molecule has 0 fully saturated rings. The van der Waals surface area contributed by atoms with Gasteiger partial charge >= 0.3 is 6.03 Å². The maximum absolute atomic E-state index is 13.2. The van der Waals surface area contributed by atoms with Crippen LogP contribution in [0.4, 0.5) is 19.3 Å². The third-order valence-electron chi connectivity index (χ3n) is 1.96. The van der Waals surface area contributed by atoms with Crippen LogP contribution in [0.3, 0.4) is 0 Å². The second-order valence-electron chi connectivity index (χ2n) is 3.49. The van der Waals surface area contributed by atoms with Gasteiger partial charge in [-0.15, -0.1) is 0 Å². The van der Waals surface area contributed by atoms with Gasteiger partial charge in [0.05, 0.1) is 5.69 Å². The summed E-state index contributed by atoms with van der Waals surface area (Å²) >= 11 is 0. The predicted molar refractivity (Wildman–Crippen MR) is 62.1 cm³/mol. The molecule has 0 aliphatic rings. The van der Waals surface area contributed by atoms with Gasteiger partial charge in [0.1, 0.15) is 11.6 Å². The summed E-state index contributed by atoms with van der Waals surface area (Å²) in [5, 5.41) is 7.10. The van der Waals surface area contributed by atoms with Crippen molar-refractivity contribution < 1.29 is 18.4 Å². The first-order valence-electron chi connectivity index (χ1n) is 5.23. The molecule has 1 aromatic carbocycles. The number of benzene rings is 1. The number of carbonyl (C=O) groups is 2. The fraction of sp³-hybridized carbons (Fsp3) is 0.273. The third-order valence-corrected chi connectivity index (χ3v) is 1.96. The van der Waals surface area contributed by atoms with Crippen molar-refractivity contribution in [2.24, 2.45) is 0 Å². The molecule has 3 N–H and O–H groups in total. The molecule has 0 atom stereocenters. The van der Waals surface area contributed by atoms with Crippen LogP contribution in [0.25, 0.3) is 0 Å². The van der Waals surface area contributed by atoms with Gasteiger partial charge in [0.15, 0.2) is 0 Å². The number of halogens is 2. The van der Waals surface area contributed by atoms with E-state index < -0.39 is 17.7 Å². The molecule has 1 rings (SSSR count). The van der Waals surface area contributed by atoms with E-state index in [1.54, 1.807) is 0 Å². The highest BCUT2D eigenvalue weighted by atomic mass is 19.1. The molecule has 98 valence electrons. The van der Waals surface area contributed by atoms with Gasteiger partial charge in [0, 0.05) is 26.1 Å².